The average Bonchev–Trinajstić information content (AvgIpc) is 2.60. The number of hydrogen-bond donors (Lipinski definition) is 2. The standard InChI is InChI=1S/C9H6BrClFN3O/c10-7-5-2-1-4(3-6(5)14-15-7)13-9(16)8(11)12/h1-3,8H,(H,13,16)(H,14,15). The van der Waals surface area contributed by atoms with Gasteiger partial charge < -0.3 is 5.32 Å². The molecule has 0 radical (unpaired) electrons. The number of alkyl halides is 2. The quantitative estimate of drug-likeness (QED) is 0.838. The lowest BCUT2D eigenvalue weighted by Crippen LogP contribution is -2.19. The third-order valence-corrected chi connectivity index (χ3v) is 2.78. The molecular weight excluding hydrogens is 300 g/mol. The van der Waals surface area contributed by atoms with Crippen LogP contribution >= 0.6 is 27.5 Å². The number of rotatable bonds is 2. The van der Waals surface area contributed by atoms with Gasteiger partial charge in [0.05, 0.1) is 5.52 Å². The van der Waals surface area contributed by atoms with Crippen LogP contribution in [0.4, 0.5) is 10.1 Å². The van der Waals surface area contributed by atoms with E-state index >= 15 is 0 Å². The highest BCUT2D eigenvalue weighted by atomic mass is 79.9. The van der Waals surface area contributed by atoms with Crippen LogP contribution in [0.3, 0.4) is 0 Å². The first-order valence-electron chi connectivity index (χ1n) is 4.30. The van der Waals surface area contributed by atoms with E-state index in [1.807, 2.05) is 0 Å². The maximum absolute atomic E-state index is 12.4. The summed E-state index contributed by atoms with van der Waals surface area (Å²) in [6.45, 7) is 0. The molecule has 0 bridgehead atoms. The zero-order chi connectivity index (χ0) is 11.7. The minimum absolute atomic E-state index is 0.444. The van der Waals surface area contributed by atoms with Crippen molar-refractivity contribution in [3.8, 4) is 0 Å². The van der Waals surface area contributed by atoms with Crippen molar-refractivity contribution in [2.45, 2.75) is 5.63 Å². The van der Waals surface area contributed by atoms with Gasteiger partial charge in [0, 0.05) is 11.1 Å². The molecule has 1 amide bonds. The maximum Gasteiger partial charge on any atom is 0.274 e. The second-order valence-electron chi connectivity index (χ2n) is 3.06. The highest BCUT2D eigenvalue weighted by Gasteiger charge is 2.13. The maximum atomic E-state index is 12.4. The van der Waals surface area contributed by atoms with Crippen LogP contribution in [0.1, 0.15) is 0 Å². The van der Waals surface area contributed by atoms with Crippen LogP contribution in [0.15, 0.2) is 22.8 Å². The minimum Gasteiger partial charge on any atom is -0.322 e. The van der Waals surface area contributed by atoms with Crippen LogP contribution in [-0.4, -0.2) is 21.7 Å². The Kier molecular flexibility index (Phi) is 3.11. The van der Waals surface area contributed by atoms with Gasteiger partial charge in [0.15, 0.2) is 0 Å². The second kappa shape index (κ2) is 4.39. The number of carbonyl (C=O) groups is 1. The third-order valence-electron chi connectivity index (χ3n) is 1.97. The minimum atomic E-state index is -2.05. The Morgan fingerprint density at radius 2 is 2.38 bits per heavy atom. The Balaban J connectivity index is 2.30. The second-order valence-corrected chi connectivity index (χ2v) is 4.24. The van der Waals surface area contributed by atoms with Crippen molar-refractivity contribution in [3.63, 3.8) is 0 Å². The Bertz CT molecular complexity index is 543. The zero-order valence-electron chi connectivity index (χ0n) is 7.80. The molecule has 0 saturated heterocycles. The molecule has 2 N–H and O–H groups in total. The molecule has 0 fully saturated rings. The number of aromatic nitrogens is 2. The van der Waals surface area contributed by atoms with Crippen LogP contribution in [-0.2, 0) is 4.79 Å². The normalized spacial score (nSPS) is 12.7. The van der Waals surface area contributed by atoms with Gasteiger partial charge in [-0.3, -0.25) is 9.89 Å². The molecule has 0 spiro atoms. The van der Waals surface area contributed by atoms with Gasteiger partial charge in [0.2, 0.25) is 0 Å². The largest absolute Gasteiger partial charge is 0.322 e. The molecule has 1 unspecified atom stereocenters. The number of amides is 1. The number of nitrogens with one attached hydrogen (secondary N) is 2. The molecule has 0 aliphatic carbocycles. The zero-order valence-corrected chi connectivity index (χ0v) is 10.1. The predicted molar refractivity (Wildman–Crippen MR) is 63.2 cm³/mol. The monoisotopic (exact) mass is 305 g/mol. The summed E-state index contributed by atoms with van der Waals surface area (Å²) in [5.41, 5.74) is -0.948. The summed E-state index contributed by atoms with van der Waals surface area (Å²) in [5.74, 6) is -0.893. The van der Waals surface area contributed by atoms with Crippen molar-refractivity contribution in [1.29, 1.82) is 0 Å². The molecule has 84 valence electrons. The topological polar surface area (TPSA) is 57.8 Å². The molecule has 1 aromatic carbocycles. The highest BCUT2D eigenvalue weighted by molar-refractivity contribution is 9.10. The number of nitrogens with zero attached hydrogens (tertiary/aromatic N) is 1. The number of benzene rings is 1. The van der Waals surface area contributed by atoms with Crippen molar-refractivity contribution in [1.82, 2.24) is 10.2 Å². The summed E-state index contributed by atoms with van der Waals surface area (Å²) in [4.78, 5) is 11.0. The van der Waals surface area contributed by atoms with Crippen molar-refractivity contribution >= 4 is 50.0 Å². The number of halogens is 3. The van der Waals surface area contributed by atoms with Crippen LogP contribution in [0.5, 0.6) is 0 Å². The van der Waals surface area contributed by atoms with Crippen LogP contribution < -0.4 is 5.32 Å². The summed E-state index contributed by atoms with van der Waals surface area (Å²) in [5, 5.41) is 9.92. The average molecular weight is 307 g/mol. The molecular formula is C9H6BrClFN3O. The fourth-order valence-electron chi connectivity index (χ4n) is 1.25. The molecule has 0 saturated carbocycles. The van der Waals surface area contributed by atoms with Crippen molar-refractivity contribution in [3.05, 3.63) is 22.8 Å². The molecule has 1 atom stereocenters. The Morgan fingerprint density at radius 3 is 3.06 bits per heavy atom. The fourth-order valence-corrected chi connectivity index (χ4v) is 1.73. The number of H-pyrrole nitrogens is 1. The molecule has 16 heavy (non-hydrogen) atoms. The first-order valence-corrected chi connectivity index (χ1v) is 5.53. The van der Waals surface area contributed by atoms with Gasteiger partial charge in [0.25, 0.3) is 11.5 Å². The SMILES string of the molecule is O=C(Nc1ccc2c(Br)[nH]nc2c1)C(F)Cl. The summed E-state index contributed by atoms with van der Waals surface area (Å²) in [7, 11) is 0. The summed E-state index contributed by atoms with van der Waals surface area (Å²) >= 11 is 8.27. The fraction of sp³-hybridized carbons (Fsp3) is 0.111. The van der Waals surface area contributed by atoms with E-state index in [1.54, 1.807) is 18.2 Å². The number of carbonyl (C=O) groups excluding carboxylic acids is 1. The molecule has 0 aliphatic heterocycles. The molecule has 2 aromatic rings. The van der Waals surface area contributed by atoms with E-state index in [-0.39, 0.29) is 0 Å². The van der Waals surface area contributed by atoms with E-state index in [9.17, 15) is 9.18 Å². The van der Waals surface area contributed by atoms with Gasteiger partial charge in [-0.2, -0.15) is 5.10 Å². The van der Waals surface area contributed by atoms with E-state index in [2.05, 4.69) is 31.4 Å². The molecule has 4 nitrogen and oxygen atoms in total. The Hall–Kier alpha value is -1.14. The van der Waals surface area contributed by atoms with Gasteiger partial charge >= 0.3 is 0 Å². The van der Waals surface area contributed by atoms with Crippen LogP contribution in [0.2, 0.25) is 0 Å². The van der Waals surface area contributed by atoms with Crippen molar-refractivity contribution in [2.75, 3.05) is 5.32 Å². The van der Waals surface area contributed by atoms with Crippen molar-refractivity contribution in [2.24, 2.45) is 0 Å². The molecule has 7 heteroatoms. The summed E-state index contributed by atoms with van der Waals surface area (Å²) in [6, 6.07) is 5.01. The molecule has 0 aliphatic rings. The van der Waals surface area contributed by atoms with E-state index in [1.165, 1.54) is 0 Å². The molecule has 2 rings (SSSR count). The lowest BCUT2D eigenvalue weighted by atomic mass is 10.2. The van der Waals surface area contributed by atoms with Crippen LogP contribution in [0, 0.1) is 0 Å². The number of anilines is 1. The van der Waals surface area contributed by atoms with Gasteiger partial charge in [-0.1, -0.05) is 11.6 Å². The number of aromatic amines is 1. The lowest BCUT2D eigenvalue weighted by molar-refractivity contribution is -0.118. The Morgan fingerprint density at radius 1 is 1.62 bits per heavy atom. The van der Waals surface area contributed by atoms with Gasteiger partial charge in [-0.15, -0.1) is 0 Å². The van der Waals surface area contributed by atoms with Gasteiger partial charge in [-0.25, -0.2) is 4.39 Å². The van der Waals surface area contributed by atoms with E-state index in [0.29, 0.717) is 11.2 Å². The predicted octanol–water partition coefficient (Wildman–Crippen LogP) is 2.80. The molecule has 1 aromatic heterocycles. The first-order chi connectivity index (χ1) is 7.58. The number of fused-ring (bicyclic) bond motifs is 1. The first kappa shape index (κ1) is 11.3. The highest BCUT2D eigenvalue weighted by Crippen LogP contribution is 2.23. The Labute approximate surface area is 103 Å². The summed E-state index contributed by atoms with van der Waals surface area (Å²) < 4.78 is 13.2. The van der Waals surface area contributed by atoms with Gasteiger partial charge in [0.1, 0.15) is 4.60 Å². The van der Waals surface area contributed by atoms with Crippen molar-refractivity contribution < 1.29 is 9.18 Å². The smallest absolute Gasteiger partial charge is 0.274 e. The van der Waals surface area contributed by atoms with E-state index in [4.69, 9.17) is 11.6 Å². The summed E-state index contributed by atoms with van der Waals surface area (Å²) in [6.07, 6.45) is 0. The third kappa shape index (κ3) is 2.17. The molecule has 1 heterocycles. The van der Waals surface area contributed by atoms with E-state index < -0.39 is 11.5 Å². The number of hydrogen-bond acceptors (Lipinski definition) is 2. The van der Waals surface area contributed by atoms with Gasteiger partial charge in [-0.05, 0) is 34.1 Å². The van der Waals surface area contributed by atoms with Crippen LogP contribution in [0.25, 0.3) is 10.9 Å². The lowest BCUT2D eigenvalue weighted by Gasteiger charge is -2.04. The van der Waals surface area contributed by atoms with E-state index in [0.717, 1.165) is 9.99 Å².